The van der Waals surface area contributed by atoms with Crippen LogP contribution in [-0.4, -0.2) is 27.8 Å². The van der Waals surface area contributed by atoms with Crippen LogP contribution < -0.4 is 0 Å². The number of nitro groups is 1. The Hall–Kier alpha value is -2.70. The molecule has 1 fully saturated rings. The van der Waals surface area contributed by atoms with E-state index >= 15 is 0 Å². The van der Waals surface area contributed by atoms with Gasteiger partial charge in [-0.3, -0.25) is 14.8 Å². The van der Waals surface area contributed by atoms with Crippen LogP contribution in [0.5, 0.6) is 0 Å². The van der Waals surface area contributed by atoms with Crippen LogP contribution in [0.4, 0.5) is 5.69 Å². The van der Waals surface area contributed by atoms with E-state index < -0.39 is 10.9 Å². The number of benzene rings is 1. The molecular formula is C16H17N3O4. The monoisotopic (exact) mass is 315 g/mol. The topological polar surface area (TPSA) is 87.3 Å². The van der Waals surface area contributed by atoms with Crippen LogP contribution in [0, 0.1) is 15.5 Å². The van der Waals surface area contributed by atoms with Gasteiger partial charge in [0.2, 0.25) is 0 Å². The number of rotatable bonds is 5. The highest BCUT2D eigenvalue weighted by Crippen LogP contribution is 2.46. The summed E-state index contributed by atoms with van der Waals surface area (Å²) in [5.74, 6) is -0.606. The van der Waals surface area contributed by atoms with Crippen LogP contribution >= 0.6 is 0 Å². The van der Waals surface area contributed by atoms with Crippen LogP contribution in [0.25, 0.3) is 11.1 Å². The zero-order valence-corrected chi connectivity index (χ0v) is 13.0. The fourth-order valence-electron chi connectivity index (χ4n) is 2.53. The van der Waals surface area contributed by atoms with Gasteiger partial charge < -0.3 is 4.74 Å². The molecule has 1 aromatic carbocycles. The van der Waals surface area contributed by atoms with Gasteiger partial charge in [0.25, 0.3) is 5.69 Å². The lowest BCUT2D eigenvalue weighted by Gasteiger charge is -2.08. The predicted molar refractivity (Wildman–Crippen MR) is 83.0 cm³/mol. The van der Waals surface area contributed by atoms with E-state index in [-0.39, 0.29) is 11.3 Å². The molecular weight excluding hydrogens is 298 g/mol. The molecule has 0 radical (unpaired) electrons. The Labute approximate surface area is 133 Å². The first-order valence-electron chi connectivity index (χ1n) is 7.31. The molecule has 0 saturated heterocycles. The highest BCUT2D eigenvalue weighted by molar-refractivity contribution is 5.97. The Morgan fingerprint density at radius 2 is 2.22 bits per heavy atom. The van der Waals surface area contributed by atoms with Gasteiger partial charge in [-0.25, -0.2) is 4.79 Å². The Morgan fingerprint density at radius 1 is 1.48 bits per heavy atom. The summed E-state index contributed by atoms with van der Waals surface area (Å²) in [5, 5.41) is 15.2. The number of nitrogens with zero attached hydrogens (tertiary/aromatic N) is 3. The molecule has 7 nitrogen and oxygen atoms in total. The molecule has 23 heavy (non-hydrogen) atoms. The SMILES string of the molecule is COC(=O)c1cc([N+](=O)[O-])ccc1-c1cnn(CC2(C)CC2)c1. The van der Waals surface area contributed by atoms with Crippen LogP contribution in [0.2, 0.25) is 0 Å². The average Bonchev–Trinajstić information content (AvgIpc) is 3.08. The molecule has 1 aliphatic rings. The number of non-ortho nitro benzene ring substituents is 1. The molecule has 1 aliphatic carbocycles. The summed E-state index contributed by atoms with van der Waals surface area (Å²) in [4.78, 5) is 22.3. The van der Waals surface area contributed by atoms with Crippen LogP contribution in [0.1, 0.15) is 30.1 Å². The Kier molecular flexibility index (Phi) is 3.63. The molecule has 7 heteroatoms. The molecule has 1 saturated carbocycles. The van der Waals surface area contributed by atoms with Crippen molar-refractivity contribution in [3.63, 3.8) is 0 Å². The second kappa shape index (κ2) is 5.49. The van der Waals surface area contributed by atoms with Crippen LogP contribution in [0.15, 0.2) is 30.6 Å². The number of aromatic nitrogens is 2. The molecule has 0 unspecified atom stereocenters. The van der Waals surface area contributed by atoms with Gasteiger partial charge in [0, 0.05) is 30.4 Å². The minimum atomic E-state index is -0.606. The van der Waals surface area contributed by atoms with E-state index in [1.54, 1.807) is 12.3 Å². The number of esters is 1. The summed E-state index contributed by atoms with van der Waals surface area (Å²) in [6.07, 6.45) is 5.90. The summed E-state index contributed by atoms with van der Waals surface area (Å²) in [5.41, 5.74) is 1.65. The summed E-state index contributed by atoms with van der Waals surface area (Å²) in [6, 6.07) is 4.17. The summed E-state index contributed by atoms with van der Waals surface area (Å²) in [6.45, 7) is 3.04. The van der Waals surface area contributed by atoms with Gasteiger partial charge >= 0.3 is 5.97 Å². The molecule has 1 heterocycles. The maximum absolute atomic E-state index is 12.0. The highest BCUT2D eigenvalue weighted by Gasteiger charge is 2.37. The van der Waals surface area contributed by atoms with Crippen molar-refractivity contribution in [3.05, 3.63) is 46.3 Å². The third-order valence-corrected chi connectivity index (χ3v) is 4.21. The van der Waals surface area contributed by atoms with E-state index in [4.69, 9.17) is 4.74 Å². The van der Waals surface area contributed by atoms with Crippen molar-refractivity contribution >= 4 is 11.7 Å². The standard InChI is InChI=1S/C16H17N3O4/c1-16(5-6-16)10-18-9-11(8-17-18)13-4-3-12(19(21)22)7-14(13)15(20)23-2/h3-4,7-9H,5-6,10H2,1-2H3. The Morgan fingerprint density at radius 3 is 2.83 bits per heavy atom. The smallest absolute Gasteiger partial charge is 0.338 e. The largest absolute Gasteiger partial charge is 0.465 e. The van der Waals surface area contributed by atoms with E-state index in [0.29, 0.717) is 11.0 Å². The molecule has 0 amide bonds. The Bertz CT molecular complexity index is 777. The summed E-state index contributed by atoms with van der Waals surface area (Å²) >= 11 is 0. The van der Waals surface area contributed by atoms with Crippen molar-refractivity contribution in [1.82, 2.24) is 9.78 Å². The highest BCUT2D eigenvalue weighted by atomic mass is 16.6. The minimum absolute atomic E-state index is 0.146. The first-order valence-corrected chi connectivity index (χ1v) is 7.31. The Balaban J connectivity index is 1.98. The van der Waals surface area contributed by atoms with Crippen molar-refractivity contribution in [2.45, 2.75) is 26.3 Å². The first-order chi connectivity index (χ1) is 10.9. The van der Waals surface area contributed by atoms with E-state index in [1.165, 1.54) is 32.1 Å². The number of methoxy groups -OCH3 is 1. The molecule has 3 rings (SSSR count). The zero-order chi connectivity index (χ0) is 16.6. The second-order valence-corrected chi connectivity index (χ2v) is 6.22. The number of carbonyl (C=O) groups is 1. The summed E-state index contributed by atoms with van der Waals surface area (Å²) in [7, 11) is 1.25. The molecule has 0 bridgehead atoms. The average molecular weight is 315 g/mol. The van der Waals surface area contributed by atoms with Crippen molar-refractivity contribution in [3.8, 4) is 11.1 Å². The lowest BCUT2D eigenvalue weighted by Crippen LogP contribution is -2.08. The fourth-order valence-corrected chi connectivity index (χ4v) is 2.53. The number of nitro benzene ring substituents is 1. The van der Waals surface area contributed by atoms with E-state index in [2.05, 4.69) is 12.0 Å². The predicted octanol–water partition coefficient (Wildman–Crippen LogP) is 3.05. The third kappa shape index (κ3) is 3.08. The lowest BCUT2D eigenvalue weighted by molar-refractivity contribution is -0.384. The van der Waals surface area contributed by atoms with Crippen molar-refractivity contribution < 1.29 is 14.5 Å². The molecule has 0 N–H and O–H groups in total. The van der Waals surface area contributed by atoms with Gasteiger partial charge in [0.1, 0.15) is 0 Å². The number of ether oxygens (including phenoxy) is 1. The third-order valence-electron chi connectivity index (χ3n) is 4.21. The fraction of sp³-hybridized carbons (Fsp3) is 0.375. The molecule has 120 valence electrons. The molecule has 2 aromatic rings. The van der Waals surface area contributed by atoms with Crippen molar-refractivity contribution in [1.29, 1.82) is 0 Å². The molecule has 1 aromatic heterocycles. The van der Waals surface area contributed by atoms with Gasteiger partial charge in [-0.15, -0.1) is 0 Å². The van der Waals surface area contributed by atoms with E-state index in [0.717, 1.165) is 12.1 Å². The van der Waals surface area contributed by atoms with E-state index in [1.807, 2.05) is 10.9 Å². The number of hydrogen-bond donors (Lipinski definition) is 0. The van der Waals surface area contributed by atoms with Gasteiger partial charge in [-0.05, 0) is 29.9 Å². The van der Waals surface area contributed by atoms with Gasteiger partial charge in [-0.1, -0.05) is 6.92 Å². The van der Waals surface area contributed by atoms with Gasteiger partial charge in [0.05, 0.1) is 23.8 Å². The maximum atomic E-state index is 12.0. The maximum Gasteiger partial charge on any atom is 0.338 e. The normalized spacial score (nSPS) is 15.2. The molecule has 0 spiro atoms. The van der Waals surface area contributed by atoms with Gasteiger partial charge in [-0.2, -0.15) is 5.10 Å². The van der Waals surface area contributed by atoms with Crippen LogP contribution in [0.3, 0.4) is 0 Å². The van der Waals surface area contributed by atoms with E-state index in [9.17, 15) is 14.9 Å². The summed E-state index contributed by atoms with van der Waals surface area (Å²) < 4.78 is 6.59. The van der Waals surface area contributed by atoms with Crippen molar-refractivity contribution in [2.24, 2.45) is 5.41 Å². The second-order valence-electron chi connectivity index (χ2n) is 6.22. The lowest BCUT2D eigenvalue weighted by atomic mass is 10.0. The minimum Gasteiger partial charge on any atom is -0.465 e. The molecule has 0 atom stereocenters. The number of hydrogen-bond acceptors (Lipinski definition) is 5. The van der Waals surface area contributed by atoms with Crippen molar-refractivity contribution in [2.75, 3.05) is 7.11 Å². The van der Waals surface area contributed by atoms with Gasteiger partial charge in [0.15, 0.2) is 0 Å². The molecule has 0 aliphatic heterocycles. The first kappa shape index (κ1) is 15.2. The number of carbonyl (C=O) groups excluding carboxylic acids is 1. The zero-order valence-electron chi connectivity index (χ0n) is 13.0. The quantitative estimate of drug-likeness (QED) is 0.481. The van der Waals surface area contributed by atoms with Crippen LogP contribution in [-0.2, 0) is 11.3 Å².